The minimum absolute atomic E-state index is 0.0463. The van der Waals surface area contributed by atoms with E-state index in [0.29, 0.717) is 20.6 Å². The molecule has 13 heteroatoms. The average Bonchev–Trinajstić information content (AvgIpc) is 3.24. The molecule has 2 aliphatic rings. The van der Waals surface area contributed by atoms with E-state index < -0.39 is 35.2 Å². The van der Waals surface area contributed by atoms with Crippen LogP contribution in [0.2, 0.25) is 0 Å². The number of carbonyl (C=O) groups excluding carboxylic acids is 2. The van der Waals surface area contributed by atoms with E-state index in [4.69, 9.17) is 5.73 Å². The summed E-state index contributed by atoms with van der Waals surface area (Å²) in [5, 5.41) is 28.7. The van der Waals surface area contributed by atoms with Crippen molar-refractivity contribution >= 4 is 52.6 Å². The van der Waals surface area contributed by atoms with Crippen molar-refractivity contribution in [3.05, 3.63) is 45.9 Å². The Balaban J connectivity index is 1.48. The maximum atomic E-state index is 12.7. The maximum Gasteiger partial charge on any atom is 0.353 e. The van der Waals surface area contributed by atoms with Gasteiger partial charge in [-0.1, -0.05) is 35.2 Å². The Morgan fingerprint density at radius 1 is 1.33 bits per heavy atom. The molecule has 2 aromatic rings. The molecule has 3 atom stereocenters. The number of amides is 2. The van der Waals surface area contributed by atoms with Crippen LogP contribution in [-0.4, -0.2) is 60.3 Å². The standard InChI is InChI=1S/C17H15N5O5S3/c18-10(7-1-3-8(23)4-2-7)13(24)20-11-14(25)22-12(16(26)27)9(5-28-15(11)22)30-17-21-19-6-29-17/h1-4,6,10-11,15,23H,5,18H2,(H,20,24)(H,26,27)/t10-,11-,15-/m1/s1. The van der Waals surface area contributed by atoms with Gasteiger partial charge in [0, 0.05) is 10.7 Å². The van der Waals surface area contributed by atoms with Crippen molar-refractivity contribution in [3.8, 4) is 5.75 Å². The summed E-state index contributed by atoms with van der Waals surface area (Å²) in [7, 11) is 0. The second-order valence-electron chi connectivity index (χ2n) is 6.35. The van der Waals surface area contributed by atoms with Crippen LogP contribution in [0, 0.1) is 0 Å². The SMILES string of the molecule is N[C@@H](C(=O)N[C@@H]1C(=O)N2C(C(=O)O)=C(Sc3nncs3)CS[C@H]12)c1ccc(O)cc1. The summed E-state index contributed by atoms with van der Waals surface area (Å²) in [6.45, 7) is 0. The summed E-state index contributed by atoms with van der Waals surface area (Å²) in [6.07, 6.45) is 0. The molecule has 30 heavy (non-hydrogen) atoms. The third kappa shape index (κ3) is 3.76. The molecule has 3 heterocycles. The third-order valence-corrected chi connectivity index (χ3v) is 7.84. The lowest BCUT2D eigenvalue weighted by Gasteiger charge is -2.49. The number of hydrogen-bond donors (Lipinski definition) is 4. The van der Waals surface area contributed by atoms with E-state index in [1.807, 2.05) is 0 Å². The van der Waals surface area contributed by atoms with E-state index >= 15 is 0 Å². The Kier molecular flexibility index (Phi) is 5.69. The molecule has 2 amide bonds. The number of fused-ring (bicyclic) bond motifs is 1. The predicted molar refractivity (Wildman–Crippen MR) is 110 cm³/mol. The van der Waals surface area contributed by atoms with Crippen molar-refractivity contribution in [1.82, 2.24) is 20.4 Å². The number of nitrogens with zero attached hydrogens (tertiary/aromatic N) is 3. The molecule has 2 aliphatic heterocycles. The molecule has 0 aliphatic carbocycles. The van der Waals surface area contributed by atoms with Crippen LogP contribution in [0.4, 0.5) is 0 Å². The number of aromatic nitrogens is 2. The quantitative estimate of drug-likeness (QED) is 0.448. The highest BCUT2D eigenvalue weighted by Crippen LogP contribution is 2.45. The zero-order valence-electron chi connectivity index (χ0n) is 15.1. The van der Waals surface area contributed by atoms with Gasteiger partial charge in [0.1, 0.15) is 34.4 Å². The van der Waals surface area contributed by atoms with E-state index in [2.05, 4.69) is 15.5 Å². The highest BCUT2D eigenvalue weighted by Gasteiger charge is 2.54. The second kappa shape index (κ2) is 8.26. The lowest BCUT2D eigenvalue weighted by molar-refractivity contribution is -0.150. The number of benzene rings is 1. The zero-order valence-corrected chi connectivity index (χ0v) is 17.5. The van der Waals surface area contributed by atoms with Crippen molar-refractivity contribution in [2.24, 2.45) is 5.73 Å². The monoisotopic (exact) mass is 465 g/mol. The van der Waals surface area contributed by atoms with Gasteiger partial charge in [-0.25, -0.2) is 4.79 Å². The highest BCUT2D eigenvalue weighted by molar-refractivity contribution is 8.07. The number of carboxylic acid groups (broad SMARTS) is 1. The molecule has 10 nitrogen and oxygen atoms in total. The van der Waals surface area contributed by atoms with Crippen molar-refractivity contribution in [1.29, 1.82) is 0 Å². The van der Waals surface area contributed by atoms with Gasteiger partial charge in [0.15, 0.2) is 4.34 Å². The molecular formula is C17H15N5O5S3. The second-order valence-corrected chi connectivity index (χ2v) is 9.63. The molecule has 0 spiro atoms. The number of phenolic OH excluding ortho intramolecular Hbond substituents is 1. The lowest BCUT2D eigenvalue weighted by Crippen LogP contribution is -2.71. The number of thioether (sulfide) groups is 2. The molecule has 4 rings (SSSR count). The first-order valence-corrected chi connectivity index (χ1v) is 11.3. The number of aliphatic carboxylic acids is 1. The molecule has 0 saturated carbocycles. The number of rotatable bonds is 6. The van der Waals surface area contributed by atoms with Gasteiger partial charge in [0.2, 0.25) is 5.91 Å². The van der Waals surface area contributed by atoms with Gasteiger partial charge in [-0.15, -0.1) is 22.0 Å². The van der Waals surface area contributed by atoms with Gasteiger partial charge in [-0.2, -0.15) is 0 Å². The van der Waals surface area contributed by atoms with Gasteiger partial charge < -0.3 is 21.3 Å². The van der Waals surface area contributed by atoms with Gasteiger partial charge in [0.05, 0.1) is 0 Å². The van der Waals surface area contributed by atoms with Crippen LogP contribution in [0.15, 0.2) is 44.7 Å². The van der Waals surface area contributed by atoms with E-state index in [9.17, 15) is 24.6 Å². The Morgan fingerprint density at radius 3 is 2.70 bits per heavy atom. The first-order chi connectivity index (χ1) is 14.4. The van der Waals surface area contributed by atoms with Gasteiger partial charge in [0.25, 0.3) is 5.91 Å². The van der Waals surface area contributed by atoms with Crippen LogP contribution in [0.1, 0.15) is 11.6 Å². The number of carboxylic acids is 1. The Morgan fingerprint density at radius 2 is 2.07 bits per heavy atom. The van der Waals surface area contributed by atoms with Crippen LogP contribution in [-0.2, 0) is 14.4 Å². The molecule has 1 aromatic heterocycles. The number of aromatic hydroxyl groups is 1. The Hall–Kier alpha value is -2.61. The van der Waals surface area contributed by atoms with Crippen LogP contribution in [0.3, 0.4) is 0 Å². The van der Waals surface area contributed by atoms with Crippen molar-refractivity contribution in [3.63, 3.8) is 0 Å². The summed E-state index contributed by atoms with van der Waals surface area (Å²) < 4.78 is 0.584. The molecular weight excluding hydrogens is 450 g/mol. The first-order valence-electron chi connectivity index (χ1n) is 8.57. The molecule has 1 aromatic carbocycles. The molecule has 5 N–H and O–H groups in total. The topological polar surface area (TPSA) is 159 Å². The van der Waals surface area contributed by atoms with Crippen LogP contribution in [0.25, 0.3) is 0 Å². The Labute approximate surface area is 182 Å². The van der Waals surface area contributed by atoms with E-state index in [0.717, 1.165) is 0 Å². The summed E-state index contributed by atoms with van der Waals surface area (Å²) in [5.41, 5.74) is 7.88. The lowest BCUT2D eigenvalue weighted by atomic mass is 10.0. The highest BCUT2D eigenvalue weighted by atomic mass is 32.2. The Bertz CT molecular complexity index is 1030. The normalized spacial score (nSPS) is 21.6. The largest absolute Gasteiger partial charge is 0.508 e. The summed E-state index contributed by atoms with van der Waals surface area (Å²) >= 11 is 3.80. The average molecular weight is 466 g/mol. The fraction of sp³-hybridized carbons (Fsp3) is 0.235. The fourth-order valence-corrected chi connectivity index (χ4v) is 6.18. The fourth-order valence-electron chi connectivity index (χ4n) is 3.06. The zero-order chi connectivity index (χ0) is 21.4. The van der Waals surface area contributed by atoms with Gasteiger partial charge in [-0.3, -0.25) is 14.5 Å². The number of β-lactam (4-membered cyclic amide) rings is 1. The number of phenols is 1. The number of carbonyl (C=O) groups is 3. The van der Waals surface area contributed by atoms with Crippen molar-refractivity contribution in [2.45, 2.75) is 21.8 Å². The minimum atomic E-state index is -1.22. The van der Waals surface area contributed by atoms with Crippen LogP contribution < -0.4 is 11.1 Å². The maximum absolute atomic E-state index is 12.7. The molecule has 0 radical (unpaired) electrons. The van der Waals surface area contributed by atoms with E-state index in [-0.39, 0.29) is 11.4 Å². The third-order valence-electron chi connectivity index (χ3n) is 4.52. The smallest absolute Gasteiger partial charge is 0.353 e. The van der Waals surface area contributed by atoms with Gasteiger partial charge >= 0.3 is 5.97 Å². The molecule has 0 unspecified atom stereocenters. The van der Waals surface area contributed by atoms with Gasteiger partial charge in [-0.05, 0) is 17.7 Å². The molecule has 0 bridgehead atoms. The first kappa shape index (κ1) is 20.7. The summed E-state index contributed by atoms with van der Waals surface area (Å²) in [4.78, 5) is 38.7. The predicted octanol–water partition coefficient (Wildman–Crippen LogP) is 0.732. The van der Waals surface area contributed by atoms with E-state index in [1.54, 1.807) is 5.51 Å². The van der Waals surface area contributed by atoms with E-state index in [1.165, 1.54) is 64.0 Å². The van der Waals surface area contributed by atoms with Crippen LogP contribution >= 0.6 is 34.9 Å². The molecule has 156 valence electrons. The minimum Gasteiger partial charge on any atom is -0.508 e. The molecule has 1 fully saturated rings. The van der Waals surface area contributed by atoms with Crippen LogP contribution in [0.5, 0.6) is 5.75 Å². The summed E-state index contributed by atoms with van der Waals surface area (Å²) in [5.74, 6) is -1.88. The number of hydrogen-bond acceptors (Lipinski definition) is 10. The number of nitrogens with two attached hydrogens (primary N) is 1. The summed E-state index contributed by atoms with van der Waals surface area (Å²) in [6, 6.07) is 3.97. The van der Waals surface area contributed by atoms with Crippen molar-refractivity contribution < 1.29 is 24.6 Å². The number of nitrogens with one attached hydrogen (secondary N) is 1. The molecule has 1 saturated heterocycles. The van der Waals surface area contributed by atoms with Crippen molar-refractivity contribution in [2.75, 3.05) is 5.75 Å².